The van der Waals surface area contributed by atoms with E-state index in [9.17, 15) is 13.5 Å². The largest absolute Gasteiger partial charge is 0.294 e. The van der Waals surface area contributed by atoms with Crippen molar-refractivity contribution in [3.8, 4) is 0 Å². The van der Waals surface area contributed by atoms with Gasteiger partial charge in [-0.2, -0.15) is 8.42 Å². The molecule has 1 aromatic rings. The normalized spacial score (nSPS) is 11.6. The molecule has 4 nitrogen and oxygen atoms in total. The molecule has 0 atom stereocenters. The highest BCUT2D eigenvalue weighted by Crippen LogP contribution is 2.20. The van der Waals surface area contributed by atoms with Crippen LogP contribution < -0.4 is 0 Å². The molecule has 0 aliphatic rings. The fourth-order valence-corrected chi connectivity index (χ4v) is 1.86. The van der Waals surface area contributed by atoms with Crippen LogP contribution in [-0.4, -0.2) is 13.0 Å². The third-order valence-electron chi connectivity index (χ3n) is 1.46. The van der Waals surface area contributed by atoms with Gasteiger partial charge in [0.25, 0.3) is 10.1 Å². The van der Waals surface area contributed by atoms with E-state index in [0.29, 0.717) is 0 Å². The van der Waals surface area contributed by atoms with Crippen LogP contribution in [0, 0.1) is 0 Å². The average Bonchev–Trinajstić information content (AvgIpc) is 2.03. The van der Waals surface area contributed by atoms with E-state index in [1.807, 2.05) is 0 Å². The molecular weight excluding hydrogens is 216 g/mol. The quantitative estimate of drug-likeness (QED) is 0.770. The van der Waals surface area contributed by atoms with Crippen molar-refractivity contribution >= 4 is 21.7 Å². The second kappa shape index (κ2) is 3.63. The molecule has 0 saturated heterocycles. The molecule has 0 spiro atoms. The minimum Gasteiger partial charge on any atom is -0.282 e. The van der Waals surface area contributed by atoms with E-state index in [-0.39, 0.29) is 10.6 Å². The summed E-state index contributed by atoms with van der Waals surface area (Å²) in [5, 5.41) is 10.6. The minimum absolute atomic E-state index is 0.00639. The first-order valence-electron chi connectivity index (χ1n) is 3.29. The fourth-order valence-electron chi connectivity index (χ4n) is 0.888. The Morgan fingerprint density at radius 2 is 2.00 bits per heavy atom. The van der Waals surface area contributed by atoms with Crippen LogP contribution in [0.1, 0.15) is 5.56 Å². The number of benzene rings is 1. The van der Waals surface area contributed by atoms with Crippen molar-refractivity contribution in [3.05, 3.63) is 28.8 Å². The first-order valence-corrected chi connectivity index (χ1v) is 5.11. The van der Waals surface area contributed by atoms with Crippen molar-refractivity contribution in [1.29, 1.82) is 0 Å². The SMILES string of the molecule is [O]Cc1ccc(Cl)cc1S(=O)(=O)O. The molecule has 0 unspecified atom stereocenters. The Hall–Kier alpha value is -0.620. The lowest BCUT2D eigenvalue weighted by Crippen LogP contribution is -2.02. The summed E-state index contributed by atoms with van der Waals surface area (Å²) in [6.45, 7) is -0.716. The summed E-state index contributed by atoms with van der Waals surface area (Å²) in [5.41, 5.74) is 0.00639. The standard InChI is InChI=1S/C7H6ClO4S/c8-6-2-1-5(4-9)7(3-6)13(10,11)12/h1-3H,4H2,(H,10,11,12). The number of hydrogen-bond acceptors (Lipinski definition) is 2. The van der Waals surface area contributed by atoms with E-state index >= 15 is 0 Å². The van der Waals surface area contributed by atoms with Crippen LogP contribution >= 0.6 is 11.6 Å². The lowest BCUT2D eigenvalue weighted by Gasteiger charge is -2.02. The topological polar surface area (TPSA) is 74.3 Å². The summed E-state index contributed by atoms with van der Waals surface area (Å²) in [6, 6.07) is 3.71. The maximum Gasteiger partial charge on any atom is 0.294 e. The molecule has 0 heterocycles. The van der Waals surface area contributed by atoms with Gasteiger partial charge in [-0.3, -0.25) is 4.55 Å². The van der Waals surface area contributed by atoms with Gasteiger partial charge in [0, 0.05) is 10.6 Å². The number of hydrogen-bond donors (Lipinski definition) is 1. The molecule has 0 aliphatic carbocycles. The van der Waals surface area contributed by atoms with Gasteiger partial charge in [-0.05, 0) is 12.1 Å². The molecule has 71 valence electrons. The number of halogens is 1. The van der Waals surface area contributed by atoms with E-state index in [0.717, 1.165) is 6.07 Å². The first kappa shape index (κ1) is 10.5. The molecule has 0 fully saturated rings. The van der Waals surface area contributed by atoms with Crippen LogP contribution in [0.15, 0.2) is 23.1 Å². The summed E-state index contributed by atoms with van der Waals surface area (Å²) in [5.74, 6) is 0. The monoisotopic (exact) mass is 221 g/mol. The molecule has 0 aromatic heterocycles. The highest BCUT2D eigenvalue weighted by molar-refractivity contribution is 7.85. The molecule has 1 aromatic carbocycles. The van der Waals surface area contributed by atoms with Crippen molar-refractivity contribution < 1.29 is 18.1 Å². The van der Waals surface area contributed by atoms with Gasteiger partial charge >= 0.3 is 0 Å². The average molecular weight is 222 g/mol. The summed E-state index contributed by atoms with van der Waals surface area (Å²) in [7, 11) is -4.35. The van der Waals surface area contributed by atoms with Gasteiger partial charge in [-0.1, -0.05) is 17.7 Å². The van der Waals surface area contributed by atoms with Crippen LogP contribution in [-0.2, 0) is 21.8 Å². The van der Waals surface area contributed by atoms with E-state index < -0.39 is 21.6 Å². The van der Waals surface area contributed by atoms with Crippen molar-refractivity contribution in [2.24, 2.45) is 0 Å². The Labute approximate surface area is 80.5 Å². The first-order chi connectivity index (χ1) is 5.95. The van der Waals surface area contributed by atoms with E-state index in [1.165, 1.54) is 12.1 Å². The number of rotatable bonds is 2. The fraction of sp³-hybridized carbons (Fsp3) is 0.143. The zero-order chi connectivity index (χ0) is 10.1. The third kappa shape index (κ3) is 2.41. The Balaban J connectivity index is 3.41. The highest BCUT2D eigenvalue weighted by Gasteiger charge is 2.15. The molecular formula is C7H6ClO4S. The van der Waals surface area contributed by atoms with Gasteiger partial charge in [-0.25, -0.2) is 5.11 Å². The second-order valence-corrected chi connectivity index (χ2v) is 4.20. The minimum atomic E-state index is -4.35. The van der Waals surface area contributed by atoms with Crippen molar-refractivity contribution in [2.45, 2.75) is 11.5 Å². The van der Waals surface area contributed by atoms with Crippen LogP contribution in [0.3, 0.4) is 0 Å². The molecule has 0 saturated carbocycles. The van der Waals surface area contributed by atoms with Gasteiger partial charge < -0.3 is 0 Å². The van der Waals surface area contributed by atoms with Gasteiger partial charge in [0.2, 0.25) is 0 Å². The summed E-state index contributed by atoms with van der Waals surface area (Å²) < 4.78 is 30.1. The zero-order valence-electron chi connectivity index (χ0n) is 6.40. The molecule has 0 bridgehead atoms. The molecule has 6 heteroatoms. The summed E-state index contributed by atoms with van der Waals surface area (Å²) in [6.07, 6.45) is 0. The third-order valence-corrected chi connectivity index (χ3v) is 2.63. The lowest BCUT2D eigenvalue weighted by atomic mass is 10.2. The van der Waals surface area contributed by atoms with Gasteiger partial charge in [0.1, 0.15) is 11.5 Å². The Bertz CT molecular complexity index is 413. The van der Waals surface area contributed by atoms with Gasteiger partial charge in [0.05, 0.1) is 0 Å². The summed E-state index contributed by atoms with van der Waals surface area (Å²) in [4.78, 5) is -0.421. The van der Waals surface area contributed by atoms with Crippen molar-refractivity contribution in [2.75, 3.05) is 0 Å². The van der Waals surface area contributed by atoms with E-state index in [2.05, 4.69) is 0 Å². The van der Waals surface area contributed by atoms with E-state index in [4.69, 9.17) is 16.2 Å². The Morgan fingerprint density at radius 3 is 2.46 bits per heavy atom. The molecule has 0 amide bonds. The van der Waals surface area contributed by atoms with E-state index in [1.54, 1.807) is 0 Å². The van der Waals surface area contributed by atoms with Crippen LogP contribution in [0.4, 0.5) is 0 Å². The molecule has 13 heavy (non-hydrogen) atoms. The molecule has 1 N–H and O–H groups in total. The maximum absolute atomic E-state index is 10.7. The van der Waals surface area contributed by atoms with Crippen LogP contribution in [0.5, 0.6) is 0 Å². The van der Waals surface area contributed by atoms with Crippen molar-refractivity contribution in [1.82, 2.24) is 0 Å². The van der Waals surface area contributed by atoms with Crippen LogP contribution in [0.2, 0.25) is 5.02 Å². The van der Waals surface area contributed by atoms with Crippen LogP contribution in [0.25, 0.3) is 0 Å². The highest BCUT2D eigenvalue weighted by atomic mass is 35.5. The lowest BCUT2D eigenvalue weighted by molar-refractivity contribution is 0.175. The molecule has 0 aliphatic heterocycles. The Kier molecular flexibility index (Phi) is 2.92. The smallest absolute Gasteiger partial charge is 0.282 e. The maximum atomic E-state index is 10.7. The van der Waals surface area contributed by atoms with Crippen molar-refractivity contribution in [3.63, 3.8) is 0 Å². The van der Waals surface area contributed by atoms with Gasteiger partial charge in [-0.15, -0.1) is 0 Å². The zero-order valence-corrected chi connectivity index (χ0v) is 7.97. The molecule has 1 rings (SSSR count). The predicted octanol–water partition coefficient (Wildman–Crippen LogP) is 1.52. The van der Waals surface area contributed by atoms with Gasteiger partial charge in [0.15, 0.2) is 0 Å². The summed E-state index contributed by atoms with van der Waals surface area (Å²) >= 11 is 5.50. The Morgan fingerprint density at radius 1 is 1.38 bits per heavy atom. The molecule has 1 radical (unpaired) electrons. The second-order valence-electron chi connectivity index (χ2n) is 2.37. The predicted molar refractivity (Wildman–Crippen MR) is 45.7 cm³/mol.